The fraction of sp³-hybridized carbons (Fsp3) is 0. The average Bonchev–Trinajstić information content (AvgIpc) is 1.61. The summed E-state index contributed by atoms with van der Waals surface area (Å²) < 4.78 is 0. The topological polar surface area (TPSA) is 74.6 Å². The summed E-state index contributed by atoms with van der Waals surface area (Å²) in [5.41, 5.74) is 0. The van der Waals surface area contributed by atoms with Crippen LogP contribution in [0.2, 0.25) is 0 Å². The van der Waals surface area contributed by atoms with Gasteiger partial charge >= 0.3 is 11.9 Å². The van der Waals surface area contributed by atoms with Gasteiger partial charge in [-0.3, -0.25) is 0 Å². The minimum atomic E-state index is -1.26. The molecule has 0 rings (SSSR count). The van der Waals surface area contributed by atoms with Crippen molar-refractivity contribution in [1.29, 1.82) is 0 Å². The third-order valence-electron chi connectivity index (χ3n) is 0.368. The monoisotopic (exact) mass is 191 g/mol. The van der Waals surface area contributed by atoms with Gasteiger partial charge in [-0.25, -0.2) is 9.59 Å². The fourth-order valence-corrected chi connectivity index (χ4v) is 0.143. The maximum absolute atomic E-state index is 9.55. The molecule has 49 valence electrons. The molecule has 2 N–H and O–H groups in total. The molecule has 0 heterocycles. The minimum Gasteiger partial charge on any atom is -0.478 e. The molecule has 0 aliphatic rings. The third-order valence-corrected chi connectivity index (χ3v) is 0.368. The number of hydrogen-bond donors (Lipinski definition) is 2. The molecule has 0 unspecified atom stereocenters. The molecule has 0 saturated heterocycles. The Bertz CT molecular complexity index is 124. The van der Waals surface area contributed by atoms with Crippen molar-refractivity contribution in [2.45, 2.75) is 0 Å². The molecule has 0 atom stereocenters. The molecule has 0 spiro atoms. The van der Waals surface area contributed by atoms with Crippen LogP contribution in [0.5, 0.6) is 0 Å². The maximum Gasteiger partial charge on any atom is 0.328 e. The number of rotatable bonds is 2. The average molecular weight is 191 g/mol. The van der Waals surface area contributed by atoms with Gasteiger partial charge in [-0.2, -0.15) is 0 Å². The van der Waals surface area contributed by atoms with E-state index in [1.165, 1.54) is 0 Å². The van der Waals surface area contributed by atoms with E-state index in [2.05, 4.69) is 0 Å². The van der Waals surface area contributed by atoms with Gasteiger partial charge in [-0.1, -0.05) is 0 Å². The largest absolute Gasteiger partial charge is 0.478 e. The maximum atomic E-state index is 9.55. The van der Waals surface area contributed by atoms with Crippen LogP contribution in [-0.2, 0) is 9.59 Å². The Labute approximate surface area is 62.5 Å². The van der Waals surface area contributed by atoms with E-state index >= 15 is 0 Å². The van der Waals surface area contributed by atoms with Crippen molar-refractivity contribution in [2.75, 3.05) is 0 Å². The van der Waals surface area contributed by atoms with Crippen LogP contribution in [0.1, 0.15) is 0 Å². The molecule has 5 heteroatoms. The Morgan fingerprint density at radius 2 is 1.22 bits per heavy atom. The quantitative estimate of drug-likeness (QED) is 0.448. The second kappa shape index (κ2) is 5.38. The second-order valence-electron chi connectivity index (χ2n) is 1.01. The van der Waals surface area contributed by atoms with Crippen LogP contribution in [0, 0.1) is 0 Å². The Hall–Kier alpha value is -0.762. The summed E-state index contributed by atoms with van der Waals surface area (Å²) in [6, 6.07) is 0. The minimum absolute atomic E-state index is 0. The molecule has 0 aliphatic heterocycles. The summed E-state index contributed by atoms with van der Waals surface area (Å²) >= 11 is 0. The van der Waals surface area contributed by atoms with Crippen LogP contribution < -0.4 is 0 Å². The fourth-order valence-electron chi connectivity index (χ4n) is 0.143. The van der Waals surface area contributed by atoms with Crippen molar-refractivity contribution in [3.63, 3.8) is 0 Å². The van der Waals surface area contributed by atoms with Gasteiger partial charge in [0.1, 0.15) is 0 Å². The number of carboxylic acid groups (broad SMARTS) is 2. The van der Waals surface area contributed by atoms with E-state index in [0.717, 1.165) is 0 Å². The van der Waals surface area contributed by atoms with E-state index in [0.29, 0.717) is 12.2 Å². The van der Waals surface area contributed by atoms with Crippen LogP contribution in [0.15, 0.2) is 12.2 Å². The summed E-state index contributed by atoms with van der Waals surface area (Å²) in [5, 5.41) is 15.6. The van der Waals surface area contributed by atoms with E-state index in [1.54, 1.807) is 0 Å². The van der Waals surface area contributed by atoms with Gasteiger partial charge in [-0.05, 0) is 0 Å². The van der Waals surface area contributed by atoms with E-state index in [1.807, 2.05) is 0 Å². The van der Waals surface area contributed by atoms with Gasteiger partial charge in [0.2, 0.25) is 0 Å². The Balaban J connectivity index is 0. The predicted molar refractivity (Wildman–Crippen MR) is 30.2 cm³/mol. The Morgan fingerprint density at radius 3 is 1.33 bits per heavy atom. The zero-order valence-electron chi connectivity index (χ0n) is 4.31. The van der Waals surface area contributed by atoms with E-state index in [4.69, 9.17) is 10.2 Å². The molecule has 0 amide bonds. The Morgan fingerprint density at radius 1 is 1.00 bits per heavy atom. The normalized spacial score (nSPS) is 8.44. The first-order chi connectivity index (χ1) is 3.63. The number of aliphatic carboxylic acids is 2. The predicted octanol–water partition coefficient (Wildman–Crippen LogP) is -0.669. The van der Waals surface area contributed by atoms with Crippen molar-refractivity contribution in [3.05, 3.63) is 12.2 Å². The van der Waals surface area contributed by atoms with E-state index < -0.39 is 11.9 Å². The second-order valence-corrected chi connectivity index (χ2v) is 1.01. The summed E-state index contributed by atoms with van der Waals surface area (Å²) in [7, 11) is 0. The number of carboxylic acids is 2. The molecular weight excluding hydrogens is 187 g/mol. The molecule has 3 radical (unpaired) electrons. The SMILES string of the molecule is O=C(O)C=CC(=O)O.[As]. The molecule has 0 aromatic heterocycles. The summed E-state index contributed by atoms with van der Waals surface area (Å²) in [4.78, 5) is 19.1. The molecule has 0 aromatic rings. The van der Waals surface area contributed by atoms with E-state index in [9.17, 15) is 9.59 Å². The molecule has 0 aliphatic carbocycles. The van der Waals surface area contributed by atoms with Crippen molar-refractivity contribution in [2.24, 2.45) is 0 Å². The van der Waals surface area contributed by atoms with Crippen molar-refractivity contribution < 1.29 is 19.8 Å². The smallest absolute Gasteiger partial charge is 0.328 e. The van der Waals surface area contributed by atoms with Gasteiger partial charge in [0, 0.05) is 30.1 Å². The van der Waals surface area contributed by atoms with Crippen molar-refractivity contribution in [1.82, 2.24) is 0 Å². The summed E-state index contributed by atoms with van der Waals surface area (Å²) in [5.74, 6) is -2.51. The zero-order chi connectivity index (χ0) is 6.57. The van der Waals surface area contributed by atoms with E-state index in [-0.39, 0.29) is 18.0 Å². The number of hydrogen-bond acceptors (Lipinski definition) is 2. The van der Waals surface area contributed by atoms with Crippen LogP contribution in [0.25, 0.3) is 0 Å². The summed E-state index contributed by atoms with van der Waals surface area (Å²) in [6.45, 7) is 0. The standard InChI is InChI=1S/C4H4O4.As/c5-3(6)1-2-4(7)8;/h1-2H,(H,5,6)(H,7,8);. The van der Waals surface area contributed by atoms with Gasteiger partial charge in [-0.15, -0.1) is 0 Å². The zero-order valence-corrected chi connectivity index (χ0v) is 6.19. The molecule has 0 bridgehead atoms. The van der Waals surface area contributed by atoms with Crippen molar-refractivity contribution >= 4 is 29.9 Å². The molecule has 4 nitrogen and oxygen atoms in total. The van der Waals surface area contributed by atoms with Gasteiger partial charge in [0.15, 0.2) is 0 Å². The molecular formula is C4H4AsO4. The van der Waals surface area contributed by atoms with Gasteiger partial charge < -0.3 is 10.2 Å². The van der Waals surface area contributed by atoms with Crippen LogP contribution in [0.3, 0.4) is 0 Å². The molecule has 9 heavy (non-hydrogen) atoms. The molecule has 0 fully saturated rings. The van der Waals surface area contributed by atoms with Gasteiger partial charge in [0.05, 0.1) is 0 Å². The van der Waals surface area contributed by atoms with Crippen LogP contribution in [0.4, 0.5) is 0 Å². The first-order valence-corrected chi connectivity index (χ1v) is 1.77. The first-order valence-electron chi connectivity index (χ1n) is 1.77. The third kappa shape index (κ3) is 11.1. The first kappa shape index (κ1) is 11.1. The van der Waals surface area contributed by atoms with Gasteiger partial charge in [0.25, 0.3) is 0 Å². The summed E-state index contributed by atoms with van der Waals surface area (Å²) in [6.07, 6.45) is 1.12. The Kier molecular flexibility index (Phi) is 6.63. The molecule has 0 saturated carbocycles. The van der Waals surface area contributed by atoms with Crippen molar-refractivity contribution in [3.8, 4) is 0 Å². The van der Waals surface area contributed by atoms with Crippen LogP contribution >= 0.6 is 0 Å². The number of carbonyl (C=O) groups is 2. The molecule has 0 aromatic carbocycles. The van der Waals surface area contributed by atoms with Crippen LogP contribution in [-0.4, -0.2) is 40.1 Å².